The quantitative estimate of drug-likeness (QED) is 0.384. The maximum atomic E-state index is 13.3. The number of alkyl halides is 3. The number of ether oxygens (including phenoxy) is 2. The van der Waals surface area contributed by atoms with Crippen LogP contribution in [0.5, 0.6) is 11.5 Å². The Labute approximate surface area is 247 Å². The Hall–Kier alpha value is -2.98. The predicted octanol–water partition coefficient (Wildman–Crippen LogP) is 5.29. The highest BCUT2D eigenvalue weighted by Crippen LogP contribution is 2.33. The summed E-state index contributed by atoms with van der Waals surface area (Å²) in [5.74, 6) is 2.18. The second-order valence-corrected chi connectivity index (χ2v) is 11.8. The highest BCUT2D eigenvalue weighted by Gasteiger charge is 2.36. The molecule has 0 radical (unpaired) electrons. The molecule has 10 heteroatoms. The normalized spacial score (nSPS) is 20.5. The van der Waals surface area contributed by atoms with Crippen LogP contribution in [0, 0.1) is 11.8 Å². The van der Waals surface area contributed by atoms with Gasteiger partial charge in [-0.25, -0.2) is 0 Å². The lowest BCUT2D eigenvalue weighted by Gasteiger charge is -2.47. The number of hydrogen-bond donors (Lipinski definition) is 1. The fraction of sp³-hybridized carbons (Fsp3) is 0.594. The van der Waals surface area contributed by atoms with Crippen LogP contribution in [-0.2, 0) is 17.5 Å². The van der Waals surface area contributed by atoms with Crippen LogP contribution in [0.1, 0.15) is 44.2 Å². The Bertz CT molecular complexity index is 1170. The van der Waals surface area contributed by atoms with E-state index in [1.807, 2.05) is 18.2 Å². The zero-order chi connectivity index (χ0) is 30.3. The van der Waals surface area contributed by atoms with Crippen molar-refractivity contribution in [2.24, 2.45) is 11.8 Å². The van der Waals surface area contributed by atoms with Crippen molar-refractivity contribution >= 4 is 11.6 Å². The van der Waals surface area contributed by atoms with Gasteiger partial charge in [0.25, 0.3) is 0 Å². The maximum Gasteiger partial charge on any atom is 0.416 e. The molecule has 232 valence electrons. The molecule has 2 saturated heterocycles. The van der Waals surface area contributed by atoms with E-state index in [2.05, 4.69) is 33.9 Å². The first-order valence-corrected chi connectivity index (χ1v) is 14.9. The van der Waals surface area contributed by atoms with E-state index in [1.165, 1.54) is 12.1 Å². The van der Waals surface area contributed by atoms with Gasteiger partial charge in [-0.15, -0.1) is 0 Å². The number of para-hydroxylation sites is 1. The fourth-order valence-corrected chi connectivity index (χ4v) is 6.42. The summed E-state index contributed by atoms with van der Waals surface area (Å²) >= 11 is 0. The molecule has 4 rings (SSSR count). The molecule has 2 atom stereocenters. The van der Waals surface area contributed by atoms with Gasteiger partial charge >= 0.3 is 6.18 Å². The first-order chi connectivity index (χ1) is 20.1. The molecule has 1 N–H and O–H groups in total. The van der Waals surface area contributed by atoms with Crippen LogP contribution in [-0.4, -0.2) is 81.8 Å². The number of carbonyl (C=O) groups excluding carboxylic acids is 1. The van der Waals surface area contributed by atoms with Crippen molar-refractivity contribution in [2.45, 2.75) is 51.9 Å². The molecule has 2 heterocycles. The molecule has 7 nitrogen and oxygen atoms in total. The number of benzene rings is 2. The number of amides is 1. The number of halogens is 3. The van der Waals surface area contributed by atoms with Crippen molar-refractivity contribution in [3.8, 4) is 11.5 Å². The Morgan fingerprint density at radius 3 is 2.43 bits per heavy atom. The van der Waals surface area contributed by atoms with Crippen molar-refractivity contribution in [2.75, 3.05) is 64.9 Å². The molecular weight excluding hydrogens is 545 g/mol. The molecule has 2 aliphatic rings. The average Bonchev–Trinajstić information content (AvgIpc) is 2.98. The molecule has 0 unspecified atom stereocenters. The molecule has 2 fully saturated rings. The molecule has 0 spiro atoms. The third-order valence-electron chi connectivity index (χ3n) is 8.43. The minimum Gasteiger partial charge on any atom is -0.493 e. The summed E-state index contributed by atoms with van der Waals surface area (Å²) in [6, 6.07) is 11.6. The minimum atomic E-state index is -4.35. The molecule has 0 aromatic heterocycles. The van der Waals surface area contributed by atoms with E-state index < -0.39 is 11.7 Å². The number of nitrogens with one attached hydrogen (secondary N) is 1. The monoisotopic (exact) mass is 590 g/mol. The summed E-state index contributed by atoms with van der Waals surface area (Å²) in [4.78, 5) is 20.0. The lowest BCUT2D eigenvalue weighted by molar-refractivity contribution is -0.137. The largest absolute Gasteiger partial charge is 0.493 e. The number of hydrogen-bond acceptors (Lipinski definition) is 6. The lowest BCUT2D eigenvalue weighted by atomic mass is 9.86. The van der Waals surface area contributed by atoms with E-state index in [4.69, 9.17) is 9.47 Å². The first-order valence-electron chi connectivity index (χ1n) is 14.9. The van der Waals surface area contributed by atoms with Gasteiger partial charge in [0.1, 0.15) is 0 Å². The zero-order valence-electron chi connectivity index (χ0n) is 25.3. The highest BCUT2D eigenvalue weighted by molar-refractivity contribution is 5.76. The third kappa shape index (κ3) is 8.31. The molecule has 1 amide bonds. The lowest BCUT2D eigenvalue weighted by Crippen LogP contribution is -2.57. The number of likely N-dealkylation sites (tertiary alicyclic amines) is 1. The SMILES string of the molecule is COc1cccc(CNC(=O)CC[C@H]2CN(CC(C)C)CC[C@H]2N2CCN(c3cccc(C(F)(F)F)c3)CC2)c1OC. The van der Waals surface area contributed by atoms with Gasteiger partial charge < -0.3 is 24.6 Å². The van der Waals surface area contributed by atoms with Crippen molar-refractivity contribution in [3.63, 3.8) is 0 Å². The van der Waals surface area contributed by atoms with Crippen LogP contribution in [0.15, 0.2) is 42.5 Å². The fourth-order valence-electron chi connectivity index (χ4n) is 6.42. The number of nitrogens with zero attached hydrogens (tertiary/aromatic N) is 3. The molecule has 0 bridgehead atoms. The number of rotatable bonds is 11. The summed E-state index contributed by atoms with van der Waals surface area (Å²) in [6.07, 6.45) is -2.09. The van der Waals surface area contributed by atoms with E-state index in [9.17, 15) is 18.0 Å². The van der Waals surface area contributed by atoms with E-state index in [0.29, 0.717) is 61.1 Å². The van der Waals surface area contributed by atoms with Crippen LogP contribution in [0.3, 0.4) is 0 Å². The topological polar surface area (TPSA) is 57.3 Å². The second kappa shape index (κ2) is 14.5. The Balaban J connectivity index is 1.35. The number of piperazine rings is 1. The van der Waals surface area contributed by atoms with Crippen LogP contribution >= 0.6 is 0 Å². The van der Waals surface area contributed by atoms with Crippen LogP contribution < -0.4 is 19.7 Å². The van der Waals surface area contributed by atoms with Gasteiger partial charge in [-0.3, -0.25) is 9.69 Å². The molecule has 0 saturated carbocycles. The van der Waals surface area contributed by atoms with Crippen LogP contribution in [0.2, 0.25) is 0 Å². The Morgan fingerprint density at radius 1 is 1.02 bits per heavy atom. The van der Waals surface area contributed by atoms with Gasteiger partial charge in [-0.2, -0.15) is 13.2 Å². The number of methoxy groups -OCH3 is 2. The summed E-state index contributed by atoms with van der Waals surface area (Å²) in [5, 5.41) is 3.05. The van der Waals surface area contributed by atoms with Crippen LogP contribution in [0.4, 0.5) is 18.9 Å². The maximum absolute atomic E-state index is 13.3. The number of anilines is 1. The third-order valence-corrected chi connectivity index (χ3v) is 8.43. The molecule has 2 aromatic rings. The van der Waals surface area contributed by atoms with E-state index in [0.717, 1.165) is 57.2 Å². The molecule has 2 aromatic carbocycles. The predicted molar refractivity (Wildman–Crippen MR) is 159 cm³/mol. The second-order valence-electron chi connectivity index (χ2n) is 11.8. The van der Waals surface area contributed by atoms with Gasteiger partial charge in [0.15, 0.2) is 11.5 Å². The zero-order valence-corrected chi connectivity index (χ0v) is 25.3. The van der Waals surface area contributed by atoms with Gasteiger partial charge in [0.2, 0.25) is 5.91 Å². The van der Waals surface area contributed by atoms with Crippen molar-refractivity contribution in [1.82, 2.24) is 15.1 Å². The van der Waals surface area contributed by atoms with Gasteiger partial charge in [-0.05, 0) is 55.5 Å². The van der Waals surface area contributed by atoms with Crippen molar-refractivity contribution < 1.29 is 27.4 Å². The van der Waals surface area contributed by atoms with E-state index in [1.54, 1.807) is 20.3 Å². The molecule has 42 heavy (non-hydrogen) atoms. The molecule has 0 aliphatic carbocycles. The average molecular weight is 591 g/mol. The van der Waals surface area contributed by atoms with E-state index >= 15 is 0 Å². The Kier molecular flexibility index (Phi) is 11.0. The van der Waals surface area contributed by atoms with Gasteiger partial charge in [-0.1, -0.05) is 32.0 Å². The van der Waals surface area contributed by atoms with Crippen molar-refractivity contribution in [1.29, 1.82) is 0 Å². The first kappa shape index (κ1) is 31.9. The highest BCUT2D eigenvalue weighted by atomic mass is 19.4. The minimum absolute atomic E-state index is 0.00831. The van der Waals surface area contributed by atoms with Gasteiger partial charge in [0, 0.05) is 69.5 Å². The summed E-state index contributed by atoms with van der Waals surface area (Å²) < 4.78 is 50.6. The molecule has 2 aliphatic heterocycles. The van der Waals surface area contributed by atoms with Crippen LogP contribution in [0.25, 0.3) is 0 Å². The molecular formula is C32H45F3N4O3. The summed E-state index contributed by atoms with van der Waals surface area (Å²) in [7, 11) is 3.18. The Morgan fingerprint density at radius 2 is 1.76 bits per heavy atom. The number of piperidine rings is 1. The number of carbonyl (C=O) groups is 1. The summed E-state index contributed by atoms with van der Waals surface area (Å²) in [6.45, 7) is 10.8. The van der Waals surface area contributed by atoms with Crippen molar-refractivity contribution in [3.05, 3.63) is 53.6 Å². The summed E-state index contributed by atoms with van der Waals surface area (Å²) in [5.41, 5.74) is 0.878. The smallest absolute Gasteiger partial charge is 0.416 e. The standard InChI is InChI=1S/C32H45F3N4O3/c1-23(2)21-37-14-13-28(39-17-15-38(16-18-39)27-9-6-8-26(19-27)32(33,34)35)25(22-37)11-12-30(40)36-20-24-7-5-10-29(41-3)31(24)42-4/h5-10,19,23,25,28H,11-18,20-22H2,1-4H3,(H,36,40)/t25-,28+/m0/s1. The van der Waals surface area contributed by atoms with E-state index in [-0.39, 0.29) is 5.91 Å². The van der Waals surface area contributed by atoms with Gasteiger partial charge in [0.05, 0.1) is 19.8 Å².